The van der Waals surface area contributed by atoms with E-state index < -0.39 is 11.4 Å². The number of hydrogen-bond donors (Lipinski definition) is 2. The number of anilines is 3. The zero-order valence-electron chi connectivity index (χ0n) is 17.5. The maximum absolute atomic E-state index is 14.4. The van der Waals surface area contributed by atoms with Gasteiger partial charge in [0.1, 0.15) is 5.82 Å². The van der Waals surface area contributed by atoms with Crippen LogP contribution in [0.2, 0.25) is 0 Å². The molecule has 1 aliphatic rings. The second kappa shape index (κ2) is 9.78. The Morgan fingerprint density at radius 2 is 2.06 bits per heavy atom. The maximum Gasteiger partial charge on any atom is 0.276 e. The number of rotatable bonds is 7. The number of aromatic nitrogens is 2. The number of benzene rings is 1. The monoisotopic (exact) mass is 446 g/mol. The van der Waals surface area contributed by atoms with Gasteiger partial charge in [0.05, 0.1) is 6.10 Å². The number of hydrogen-bond acceptors (Lipinski definition) is 5. The largest absolute Gasteiger partial charge is 0.488 e. The predicted molar refractivity (Wildman–Crippen MR) is 120 cm³/mol. The van der Waals surface area contributed by atoms with Crippen LogP contribution in [0.25, 0.3) is 0 Å². The van der Waals surface area contributed by atoms with Gasteiger partial charge in [-0.15, -0.1) is 0 Å². The van der Waals surface area contributed by atoms with Crippen LogP contribution in [-0.4, -0.2) is 21.6 Å². The predicted octanol–water partition coefficient (Wildman–Crippen LogP) is 4.71. The number of ether oxygens (including phenoxy) is 1. The van der Waals surface area contributed by atoms with Crippen LogP contribution in [0.15, 0.2) is 51.8 Å². The molecule has 0 unspecified atom stereocenters. The van der Waals surface area contributed by atoms with Crippen LogP contribution in [0.5, 0.6) is 5.75 Å². The Hall–Kier alpha value is -3.13. The van der Waals surface area contributed by atoms with Gasteiger partial charge in [0.15, 0.2) is 11.6 Å². The Labute approximate surface area is 184 Å². The van der Waals surface area contributed by atoms with Crippen molar-refractivity contribution in [2.75, 3.05) is 10.6 Å². The Morgan fingerprint density at radius 3 is 2.68 bits per heavy atom. The third kappa shape index (κ3) is 6.18. The lowest BCUT2D eigenvalue weighted by atomic mass is 10.1. The molecule has 0 saturated heterocycles. The molecule has 0 spiro atoms. The first-order valence-electron chi connectivity index (χ1n) is 9.88. The van der Waals surface area contributed by atoms with E-state index >= 15 is 0 Å². The summed E-state index contributed by atoms with van der Waals surface area (Å²) in [5, 5.41) is 6.41. The van der Waals surface area contributed by atoms with Gasteiger partial charge < -0.3 is 15.4 Å². The van der Waals surface area contributed by atoms with Gasteiger partial charge in [-0.25, -0.2) is 4.39 Å². The van der Waals surface area contributed by atoms with E-state index in [4.69, 9.17) is 16.3 Å². The van der Waals surface area contributed by atoms with Crippen molar-refractivity contribution in [2.24, 2.45) is 0 Å². The molecule has 0 atom stereocenters. The standard InChI is InChI=1S/C22H24ClFN4O3/c1-13(2)31-19-9-8-17(10-18(19)24)26-22-27-21(30)11-20(25-14(3)29)28(22)12-15-4-6-16(23)7-5-15/h4,6,8-11,13H,5,7,12H2,1-3H3,(H,25,29)(H,26,27,30). The van der Waals surface area contributed by atoms with Crippen molar-refractivity contribution in [1.82, 2.24) is 9.55 Å². The van der Waals surface area contributed by atoms with Crippen molar-refractivity contribution in [3.05, 3.63) is 63.2 Å². The van der Waals surface area contributed by atoms with E-state index in [0.29, 0.717) is 18.7 Å². The van der Waals surface area contributed by atoms with Crippen LogP contribution >= 0.6 is 11.6 Å². The summed E-state index contributed by atoms with van der Waals surface area (Å²) in [6, 6.07) is 5.65. The van der Waals surface area contributed by atoms with Crippen LogP contribution in [0.1, 0.15) is 33.6 Å². The number of nitrogens with zero attached hydrogens (tertiary/aromatic N) is 2. The molecular formula is C22H24ClFN4O3. The minimum atomic E-state index is -0.541. The van der Waals surface area contributed by atoms with Gasteiger partial charge in [-0.3, -0.25) is 14.2 Å². The second-order valence-electron chi connectivity index (χ2n) is 7.45. The Morgan fingerprint density at radius 1 is 1.29 bits per heavy atom. The lowest BCUT2D eigenvalue weighted by Gasteiger charge is -2.21. The molecule has 164 valence electrons. The van der Waals surface area contributed by atoms with E-state index in [0.717, 1.165) is 17.0 Å². The van der Waals surface area contributed by atoms with Crippen molar-refractivity contribution in [3.8, 4) is 5.75 Å². The summed E-state index contributed by atoms with van der Waals surface area (Å²) in [5.74, 6) is -0.270. The highest BCUT2D eigenvalue weighted by molar-refractivity contribution is 6.29. The molecule has 0 fully saturated rings. The van der Waals surface area contributed by atoms with E-state index in [9.17, 15) is 14.0 Å². The maximum atomic E-state index is 14.4. The molecule has 1 aromatic carbocycles. The topological polar surface area (TPSA) is 85.2 Å². The number of carbonyl (C=O) groups excluding carboxylic acids is 1. The Bertz CT molecular complexity index is 1110. The smallest absolute Gasteiger partial charge is 0.276 e. The summed E-state index contributed by atoms with van der Waals surface area (Å²) in [7, 11) is 0. The molecular weight excluding hydrogens is 423 g/mol. The Kier molecular flexibility index (Phi) is 7.12. The third-order valence-electron chi connectivity index (χ3n) is 4.42. The van der Waals surface area contributed by atoms with Crippen molar-refractivity contribution in [2.45, 2.75) is 46.3 Å². The van der Waals surface area contributed by atoms with Crippen LogP contribution in [0.3, 0.4) is 0 Å². The average molecular weight is 447 g/mol. The number of allylic oxidation sites excluding steroid dienone is 4. The van der Waals surface area contributed by atoms with Crippen molar-refractivity contribution in [1.29, 1.82) is 0 Å². The van der Waals surface area contributed by atoms with E-state index in [1.165, 1.54) is 25.1 Å². The molecule has 0 bridgehead atoms. The Balaban J connectivity index is 1.98. The minimum Gasteiger partial charge on any atom is -0.488 e. The quantitative estimate of drug-likeness (QED) is 0.643. The third-order valence-corrected chi connectivity index (χ3v) is 4.74. The van der Waals surface area contributed by atoms with Crippen LogP contribution in [0, 0.1) is 5.82 Å². The SMILES string of the molecule is CC(=O)Nc1cc(=O)nc(Nc2ccc(OC(C)C)c(F)c2)n1CC1=CC=C(Cl)CC1. The highest BCUT2D eigenvalue weighted by Gasteiger charge is 2.15. The first-order chi connectivity index (χ1) is 14.7. The van der Waals surface area contributed by atoms with Gasteiger partial charge in [0.2, 0.25) is 11.9 Å². The lowest BCUT2D eigenvalue weighted by Crippen LogP contribution is -2.23. The second-order valence-corrected chi connectivity index (χ2v) is 7.93. The lowest BCUT2D eigenvalue weighted by molar-refractivity contribution is -0.114. The molecule has 1 aliphatic carbocycles. The van der Waals surface area contributed by atoms with Crippen molar-refractivity contribution >= 4 is 35.0 Å². The highest BCUT2D eigenvalue weighted by Crippen LogP contribution is 2.27. The number of halogens is 2. The molecule has 0 saturated carbocycles. The average Bonchev–Trinajstić information content (AvgIpc) is 2.67. The summed E-state index contributed by atoms with van der Waals surface area (Å²) in [6.45, 7) is 5.34. The summed E-state index contributed by atoms with van der Waals surface area (Å²) < 4.78 is 21.5. The summed E-state index contributed by atoms with van der Waals surface area (Å²) in [6.07, 6.45) is 5.01. The summed E-state index contributed by atoms with van der Waals surface area (Å²) in [4.78, 5) is 27.9. The van der Waals surface area contributed by atoms with Gasteiger partial charge in [-0.2, -0.15) is 4.98 Å². The molecule has 9 heteroatoms. The molecule has 1 amide bonds. The molecule has 1 heterocycles. The van der Waals surface area contributed by atoms with Gasteiger partial charge in [0, 0.05) is 36.3 Å². The molecule has 7 nitrogen and oxygen atoms in total. The zero-order chi connectivity index (χ0) is 22.5. The van der Waals surface area contributed by atoms with Gasteiger partial charge in [0.25, 0.3) is 5.56 Å². The molecule has 3 rings (SSSR count). The minimum absolute atomic E-state index is 0.133. The van der Waals surface area contributed by atoms with E-state index in [-0.39, 0.29) is 29.5 Å². The zero-order valence-corrected chi connectivity index (χ0v) is 18.3. The van der Waals surface area contributed by atoms with Gasteiger partial charge in [-0.1, -0.05) is 17.7 Å². The fourth-order valence-corrected chi connectivity index (χ4v) is 3.25. The molecule has 0 aliphatic heterocycles. The van der Waals surface area contributed by atoms with E-state index in [2.05, 4.69) is 15.6 Å². The first kappa shape index (κ1) is 22.6. The fraction of sp³-hybridized carbons (Fsp3) is 0.318. The van der Waals surface area contributed by atoms with Gasteiger partial charge >= 0.3 is 0 Å². The normalized spacial score (nSPS) is 13.5. The fourth-order valence-electron chi connectivity index (χ4n) is 3.09. The van der Waals surface area contributed by atoms with E-state index in [1.807, 2.05) is 26.0 Å². The van der Waals surface area contributed by atoms with Crippen LogP contribution in [0.4, 0.5) is 21.8 Å². The van der Waals surface area contributed by atoms with Crippen molar-refractivity contribution < 1.29 is 13.9 Å². The van der Waals surface area contributed by atoms with Gasteiger partial charge in [-0.05, 0) is 50.5 Å². The van der Waals surface area contributed by atoms with Crippen LogP contribution < -0.4 is 20.9 Å². The molecule has 0 radical (unpaired) electrons. The summed E-state index contributed by atoms with van der Waals surface area (Å²) in [5.41, 5.74) is 0.884. The highest BCUT2D eigenvalue weighted by atomic mass is 35.5. The van der Waals surface area contributed by atoms with Crippen molar-refractivity contribution in [3.63, 3.8) is 0 Å². The number of nitrogens with one attached hydrogen (secondary N) is 2. The first-order valence-corrected chi connectivity index (χ1v) is 10.3. The molecule has 1 aromatic heterocycles. The molecule has 2 aromatic rings. The molecule has 2 N–H and O–H groups in total. The van der Waals surface area contributed by atoms with E-state index in [1.54, 1.807) is 10.6 Å². The number of amides is 1. The number of carbonyl (C=O) groups is 1. The summed E-state index contributed by atoms with van der Waals surface area (Å²) >= 11 is 6.04. The van der Waals surface area contributed by atoms with Crippen LogP contribution in [-0.2, 0) is 11.3 Å². The molecule has 31 heavy (non-hydrogen) atoms.